The Bertz CT molecular complexity index is 2260. The Balaban J connectivity index is 1.13. The summed E-state index contributed by atoms with van der Waals surface area (Å²) >= 11 is 0. The van der Waals surface area contributed by atoms with Crippen LogP contribution in [0.25, 0.3) is 67.3 Å². The van der Waals surface area contributed by atoms with Gasteiger partial charge in [-0.05, 0) is 74.8 Å². The average molecular weight is 602 g/mol. The van der Waals surface area contributed by atoms with Crippen molar-refractivity contribution >= 4 is 0 Å². The van der Waals surface area contributed by atoms with Gasteiger partial charge in [-0.1, -0.05) is 135 Å². The second-order valence-electron chi connectivity index (χ2n) is 12.6. The van der Waals surface area contributed by atoms with Crippen LogP contribution in [-0.4, -0.2) is 9.97 Å². The highest BCUT2D eigenvalue weighted by molar-refractivity contribution is 5.85. The molecule has 0 fully saturated rings. The highest BCUT2D eigenvalue weighted by Gasteiger charge is 2.35. The zero-order chi connectivity index (χ0) is 32.0. The molecule has 1 aliphatic rings. The van der Waals surface area contributed by atoms with Crippen molar-refractivity contribution in [3.05, 3.63) is 168 Å². The van der Waals surface area contributed by atoms with Crippen LogP contribution >= 0.6 is 0 Å². The minimum atomic E-state index is -0.178. The standard InChI is InChI=1S/C44H31N3/c1-44(2)39-24-29(28-45)16-22-37(39)38-23-21-36(26-40(38)44)35-15-9-14-34(25-35)30-17-19-32(20-18-30)42-27-41(31-10-5-3-6-11-31)46-43(47-42)33-12-7-4-8-13-33/h3-27H,1-2H3. The van der Waals surface area contributed by atoms with Crippen molar-refractivity contribution in [1.82, 2.24) is 9.97 Å². The van der Waals surface area contributed by atoms with Gasteiger partial charge in [0.15, 0.2) is 5.82 Å². The fourth-order valence-corrected chi connectivity index (χ4v) is 6.77. The van der Waals surface area contributed by atoms with Crippen molar-refractivity contribution < 1.29 is 0 Å². The highest BCUT2D eigenvalue weighted by atomic mass is 14.9. The first-order valence-electron chi connectivity index (χ1n) is 15.9. The Labute approximate surface area is 275 Å². The van der Waals surface area contributed by atoms with E-state index in [4.69, 9.17) is 9.97 Å². The Kier molecular flexibility index (Phi) is 6.85. The number of benzene rings is 6. The lowest BCUT2D eigenvalue weighted by Gasteiger charge is -2.22. The molecule has 8 rings (SSSR count). The molecule has 0 spiro atoms. The third-order valence-corrected chi connectivity index (χ3v) is 9.34. The van der Waals surface area contributed by atoms with Crippen LogP contribution < -0.4 is 0 Å². The molecule has 1 aliphatic carbocycles. The van der Waals surface area contributed by atoms with E-state index in [0.717, 1.165) is 39.2 Å². The molecule has 3 nitrogen and oxygen atoms in total. The number of fused-ring (bicyclic) bond motifs is 3. The van der Waals surface area contributed by atoms with Gasteiger partial charge in [0.1, 0.15) is 0 Å². The lowest BCUT2D eigenvalue weighted by Crippen LogP contribution is -2.15. The molecule has 47 heavy (non-hydrogen) atoms. The van der Waals surface area contributed by atoms with Gasteiger partial charge in [0, 0.05) is 22.1 Å². The van der Waals surface area contributed by atoms with Crippen LogP contribution in [-0.2, 0) is 5.41 Å². The summed E-state index contributed by atoms with van der Waals surface area (Å²) in [4.78, 5) is 9.92. The van der Waals surface area contributed by atoms with Gasteiger partial charge in [-0.15, -0.1) is 0 Å². The molecule has 0 radical (unpaired) electrons. The van der Waals surface area contributed by atoms with Gasteiger partial charge in [0.25, 0.3) is 0 Å². The van der Waals surface area contributed by atoms with E-state index in [1.54, 1.807) is 0 Å². The van der Waals surface area contributed by atoms with Crippen LogP contribution in [0.2, 0.25) is 0 Å². The Morgan fingerprint density at radius 1 is 0.447 bits per heavy atom. The first-order chi connectivity index (χ1) is 23.0. The van der Waals surface area contributed by atoms with Gasteiger partial charge in [0.05, 0.1) is 23.0 Å². The largest absolute Gasteiger partial charge is 0.228 e. The van der Waals surface area contributed by atoms with Gasteiger partial charge in [0.2, 0.25) is 0 Å². The zero-order valence-electron chi connectivity index (χ0n) is 26.3. The summed E-state index contributed by atoms with van der Waals surface area (Å²) in [5.74, 6) is 0.713. The molecule has 3 heteroatoms. The molecule has 0 amide bonds. The molecule has 6 aromatic carbocycles. The summed E-state index contributed by atoms with van der Waals surface area (Å²) in [6.07, 6.45) is 0. The van der Waals surface area contributed by atoms with E-state index in [0.29, 0.717) is 11.4 Å². The molecular weight excluding hydrogens is 571 g/mol. The summed E-state index contributed by atoms with van der Waals surface area (Å²) in [5.41, 5.74) is 15.1. The smallest absolute Gasteiger partial charge is 0.160 e. The van der Waals surface area contributed by atoms with E-state index in [-0.39, 0.29) is 5.41 Å². The van der Waals surface area contributed by atoms with Crippen LogP contribution in [0.1, 0.15) is 30.5 Å². The normalized spacial score (nSPS) is 12.6. The van der Waals surface area contributed by atoms with E-state index >= 15 is 0 Å². The van der Waals surface area contributed by atoms with Gasteiger partial charge in [-0.2, -0.15) is 5.26 Å². The predicted octanol–water partition coefficient (Wildman–Crippen LogP) is 11.0. The fourth-order valence-electron chi connectivity index (χ4n) is 6.77. The van der Waals surface area contributed by atoms with E-state index in [1.807, 2.05) is 48.5 Å². The molecule has 222 valence electrons. The van der Waals surface area contributed by atoms with E-state index < -0.39 is 0 Å². The van der Waals surface area contributed by atoms with Gasteiger partial charge in [-0.3, -0.25) is 0 Å². The number of aromatic nitrogens is 2. The highest BCUT2D eigenvalue weighted by Crippen LogP contribution is 2.50. The maximum absolute atomic E-state index is 9.49. The molecule has 0 aliphatic heterocycles. The van der Waals surface area contributed by atoms with Crippen LogP contribution in [0.3, 0.4) is 0 Å². The van der Waals surface area contributed by atoms with Crippen LogP contribution in [0.15, 0.2) is 152 Å². The minimum Gasteiger partial charge on any atom is -0.228 e. The second kappa shape index (κ2) is 11.4. The topological polar surface area (TPSA) is 49.6 Å². The number of nitriles is 1. The third-order valence-electron chi connectivity index (χ3n) is 9.34. The SMILES string of the molecule is CC1(C)c2cc(C#N)ccc2-c2ccc(-c3cccc(-c4ccc(-c5cc(-c6ccccc6)nc(-c6ccccc6)n5)cc4)c3)cc21. The van der Waals surface area contributed by atoms with E-state index in [2.05, 4.69) is 123 Å². The van der Waals surface area contributed by atoms with Crippen molar-refractivity contribution in [2.45, 2.75) is 19.3 Å². The zero-order valence-corrected chi connectivity index (χ0v) is 26.3. The van der Waals surface area contributed by atoms with Gasteiger partial charge < -0.3 is 0 Å². The maximum atomic E-state index is 9.49. The minimum absolute atomic E-state index is 0.178. The number of hydrogen-bond donors (Lipinski definition) is 0. The summed E-state index contributed by atoms with van der Waals surface area (Å²) in [7, 11) is 0. The van der Waals surface area contributed by atoms with Gasteiger partial charge >= 0.3 is 0 Å². The van der Waals surface area contributed by atoms with Crippen LogP contribution in [0.4, 0.5) is 0 Å². The Morgan fingerprint density at radius 2 is 0.936 bits per heavy atom. The monoisotopic (exact) mass is 601 g/mol. The predicted molar refractivity (Wildman–Crippen MR) is 191 cm³/mol. The number of rotatable bonds is 5. The molecule has 0 saturated carbocycles. The molecule has 0 N–H and O–H groups in total. The summed E-state index contributed by atoms with van der Waals surface area (Å²) in [6.45, 7) is 4.51. The van der Waals surface area contributed by atoms with E-state index in [9.17, 15) is 5.26 Å². The molecular formula is C44H31N3. The fraction of sp³-hybridized carbons (Fsp3) is 0.0682. The van der Waals surface area contributed by atoms with Crippen LogP contribution in [0, 0.1) is 11.3 Å². The maximum Gasteiger partial charge on any atom is 0.160 e. The second-order valence-corrected chi connectivity index (χ2v) is 12.6. The first kappa shape index (κ1) is 28.4. The molecule has 0 atom stereocenters. The van der Waals surface area contributed by atoms with Crippen LogP contribution in [0.5, 0.6) is 0 Å². The Hall–Kier alpha value is -6.11. The Morgan fingerprint density at radius 3 is 1.60 bits per heavy atom. The average Bonchev–Trinajstić information content (AvgIpc) is 3.37. The van der Waals surface area contributed by atoms with E-state index in [1.165, 1.54) is 33.4 Å². The molecule has 7 aromatic rings. The first-order valence-corrected chi connectivity index (χ1v) is 15.9. The van der Waals surface area contributed by atoms with Crippen molar-refractivity contribution in [2.24, 2.45) is 0 Å². The molecule has 0 unspecified atom stereocenters. The van der Waals surface area contributed by atoms with Crippen molar-refractivity contribution in [3.63, 3.8) is 0 Å². The summed E-state index contributed by atoms with van der Waals surface area (Å²) in [6, 6.07) is 55.0. The number of hydrogen-bond acceptors (Lipinski definition) is 3. The molecule has 1 aromatic heterocycles. The van der Waals surface area contributed by atoms with Crippen molar-refractivity contribution in [1.29, 1.82) is 5.26 Å². The molecule has 1 heterocycles. The number of nitrogens with zero attached hydrogens (tertiary/aromatic N) is 3. The third kappa shape index (κ3) is 5.11. The van der Waals surface area contributed by atoms with Gasteiger partial charge in [-0.25, -0.2) is 9.97 Å². The molecule has 0 saturated heterocycles. The quantitative estimate of drug-likeness (QED) is 0.197. The lowest BCUT2D eigenvalue weighted by molar-refractivity contribution is 0.660. The van der Waals surface area contributed by atoms with Crippen molar-refractivity contribution in [2.75, 3.05) is 0 Å². The molecule has 0 bridgehead atoms. The summed E-state index contributed by atoms with van der Waals surface area (Å²) < 4.78 is 0. The van der Waals surface area contributed by atoms with Crippen molar-refractivity contribution in [3.8, 4) is 73.4 Å². The lowest BCUT2D eigenvalue weighted by atomic mass is 9.81. The summed E-state index contributed by atoms with van der Waals surface area (Å²) in [5, 5.41) is 9.49.